The van der Waals surface area contributed by atoms with Crippen molar-refractivity contribution in [3.05, 3.63) is 120 Å². The zero-order valence-corrected chi connectivity index (χ0v) is 23.0. The van der Waals surface area contributed by atoms with Crippen molar-refractivity contribution < 1.29 is 32.8 Å². The molecule has 0 radical (unpaired) electrons. The highest BCUT2D eigenvalue weighted by Crippen LogP contribution is 2.55. The molecule has 9 heteroatoms. The summed E-state index contributed by atoms with van der Waals surface area (Å²) in [6, 6.07) is 35.4. The van der Waals surface area contributed by atoms with Gasteiger partial charge in [-0.2, -0.15) is 0 Å². The molecular weight excluding hydrogens is 535 g/mol. The van der Waals surface area contributed by atoms with Crippen LogP contribution in [0.4, 0.5) is 0 Å². The van der Waals surface area contributed by atoms with Gasteiger partial charge in [-0.25, -0.2) is 18.0 Å². The third-order valence-corrected chi connectivity index (χ3v) is 11.5. The lowest BCUT2D eigenvalue weighted by Gasteiger charge is -2.27. The molecule has 0 aliphatic rings. The molecule has 7 nitrogen and oxygen atoms in total. The minimum absolute atomic E-state index is 0.575. The first kappa shape index (κ1) is 29.7. The van der Waals surface area contributed by atoms with E-state index >= 15 is 0 Å². The van der Waals surface area contributed by atoms with Crippen molar-refractivity contribution in [1.29, 1.82) is 0 Å². The molecule has 202 valence electrons. The van der Waals surface area contributed by atoms with Crippen LogP contribution < -0.4 is 15.9 Å². The number of carbonyl (C=O) groups is 2. The summed E-state index contributed by atoms with van der Waals surface area (Å²) in [4.78, 5) is 20.2. The molecule has 0 aliphatic heterocycles. The summed E-state index contributed by atoms with van der Waals surface area (Å²) in [6.45, 7) is 2.29. The molecule has 39 heavy (non-hydrogen) atoms. The molecule has 0 amide bonds. The largest absolute Gasteiger partial charge is 0.744 e. The molecule has 4 rings (SSSR count). The van der Waals surface area contributed by atoms with Crippen LogP contribution in [0.5, 0.6) is 0 Å². The van der Waals surface area contributed by atoms with E-state index in [2.05, 4.69) is 97.9 Å². The quantitative estimate of drug-likeness (QED) is 0.221. The van der Waals surface area contributed by atoms with Crippen LogP contribution in [-0.2, 0) is 10.1 Å². The molecule has 0 atom stereocenters. The Kier molecular flexibility index (Phi) is 10.1. The van der Waals surface area contributed by atoms with Gasteiger partial charge in [0.1, 0.15) is 33.3 Å². The molecule has 0 aliphatic carbocycles. The van der Waals surface area contributed by atoms with Gasteiger partial charge >= 0.3 is 11.9 Å². The van der Waals surface area contributed by atoms with Gasteiger partial charge in [-0.05, 0) is 61.0 Å². The summed E-state index contributed by atoms with van der Waals surface area (Å²) in [5, 5.41) is 21.7. The first-order valence-electron chi connectivity index (χ1n) is 12.2. The maximum absolute atomic E-state index is 10.6. The second-order valence-corrected chi connectivity index (χ2v) is 13.7. The van der Waals surface area contributed by atoms with E-state index in [1.165, 1.54) is 34.9 Å². The average molecular weight is 565 g/mol. The van der Waals surface area contributed by atoms with Gasteiger partial charge in [0.15, 0.2) is 0 Å². The Balaban J connectivity index is 0.000000231. The SMILES string of the molecule is CCCC[P+](c1ccccc1)(c1ccccc1)c1ccccc1.O=C(O)c1cc(C(=O)O)cc(S(=O)(=O)[O-])c1. The third kappa shape index (κ3) is 7.39. The number of benzene rings is 4. The molecule has 0 heterocycles. The van der Waals surface area contributed by atoms with Gasteiger partial charge < -0.3 is 14.8 Å². The maximum atomic E-state index is 10.6. The molecule has 0 saturated heterocycles. The number of rotatable bonds is 9. The second-order valence-electron chi connectivity index (χ2n) is 8.70. The van der Waals surface area contributed by atoms with E-state index in [0.29, 0.717) is 12.1 Å². The van der Waals surface area contributed by atoms with Crippen molar-refractivity contribution in [3.63, 3.8) is 0 Å². The fourth-order valence-electron chi connectivity index (χ4n) is 4.27. The fourth-order valence-corrected chi connectivity index (χ4v) is 9.31. The van der Waals surface area contributed by atoms with Gasteiger partial charge in [0.05, 0.1) is 22.2 Å². The normalized spacial score (nSPS) is 11.2. The predicted molar refractivity (Wildman–Crippen MR) is 153 cm³/mol. The van der Waals surface area contributed by atoms with Crippen molar-refractivity contribution >= 4 is 45.2 Å². The Morgan fingerprint density at radius 1 is 0.692 bits per heavy atom. The Bertz CT molecular complexity index is 1380. The van der Waals surface area contributed by atoms with Crippen molar-refractivity contribution in [3.8, 4) is 0 Å². The molecule has 0 saturated carbocycles. The highest BCUT2D eigenvalue weighted by molar-refractivity contribution is 7.95. The highest BCUT2D eigenvalue weighted by atomic mass is 32.2. The van der Waals surface area contributed by atoms with Crippen LogP contribution in [0.15, 0.2) is 114 Å². The number of hydrogen-bond acceptors (Lipinski definition) is 5. The molecule has 0 bridgehead atoms. The summed E-state index contributed by atoms with van der Waals surface area (Å²) in [6.07, 6.45) is 3.72. The summed E-state index contributed by atoms with van der Waals surface area (Å²) in [5.41, 5.74) is -1.15. The number of unbranched alkanes of at least 4 members (excludes halogenated alkanes) is 1. The van der Waals surface area contributed by atoms with E-state index < -0.39 is 45.3 Å². The van der Waals surface area contributed by atoms with E-state index in [9.17, 15) is 22.6 Å². The summed E-state index contributed by atoms with van der Waals surface area (Å²) in [7, 11) is -6.46. The van der Waals surface area contributed by atoms with E-state index in [-0.39, 0.29) is 0 Å². The summed E-state index contributed by atoms with van der Waals surface area (Å²) in [5.74, 6) is -3.04. The van der Waals surface area contributed by atoms with Gasteiger partial charge in [0.25, 0.3) is 0 Å². The van der Waals surface area contributed by atoms with Crippen molar-refractivity contribution in [2.45, 2.75) is 24.7 Å². The Morgan fingerprint density at radius 2 is 1.05 bits per heavy atom. The standard InChI is InChI=1S/C22H24P.C8H6O7S/c1-2-3-19-23(20-13-7-4-8-14-20,21-15-9-5-10-16-21)22-17-11-6-12-18-22;9-7(10)4-1-5(8(11)12)3-6(2-4)16(13,14)15/h4-18H,2-3,19H2,1H3;1-3H,(H,9,10)(H,11,12)(H,13,14,15)/q+1;/p-1. The average Bonchev–Trinajstić information content (AvgIpc) is 2.95. The highest BCUT2D eigenvalue weighted by Gasteiger charge is 2.44. The van der Waals surface area contributed by atoms with Crippen molar-refractivity contribution in [1.82, 2.24) is 0 Å². The topological polar surface area (TPSA) is 132 Å². The summed E-state index contributed by atoms with van der Waals surface area (Å²) >= 11 is 0. The monoisotopic (exact) mass is 564 g/mol. The Hall–Kier alpha value is -3.84. The number of carboxylic acids is 2. The smallest absolute Gasteiger partial charge is 0.335 e. The van der Waals surface area contributed by atoms with Crippen LogP contribution in [0.2, 0.25) is 0 Å². The minimum atomic E-state index is -4.89. The predicted octanol–water partition coefficient (Wildman–Crippen LogP) is 4.77. The molecule has 0 fully saturated rings. The lowest BCUT2D eigenvalue weighted by Crippen LogP contribution is -2.33. The first-order chi connectivity index (χ1) is 18.6. The fraction of sp³-hybridized carbons (Fsp3) is 0.133. The van der Waals surface area contributed by atoms with E-state index in [4.69, 9.17) is 10.2 Å². The van der Waals surface area contributed by atoms with Gasteiger partial charge in [-0.15, -0.1) is 0 Å². The van der Waals surface area contributed by atoms with Gasteiger partial charge in [0, 0.05) is 0 Å². The molecule has 2 N–H and O–H groups in total. The number of carboxylic acid groups (broad SMARTS) is 2. The van der Waals surface area contributed by atoms with Crippen LogP contribution in [0.1, 0.15) is 40.5 Å². The minimum Gasteiger partial charge on any atom is -0.744 e. The molecule has 4 aromatic rings. The summed E-state index contributed by atoms with van der Waals surface area (Å²) < 4.78 is 31.9. The van der Waals surface area contributed by atoms with Gasteiger partial charge in [-0.3, -0.25) is 0 Å². The lowest BCUT2D eigenvalue weighted by atomic mass is 10.1. The molecule has 0 spiro atoms. The molecule has 0 aromatic heterocycles. The molecule has 4 aromatic carbocycles. The van der Waals surface area contributed by atoms with Gasteiger partial charge in [-0.1, -0.05) is 67.9 Å². The van der Waals surface area contributed by atoms with Crippen LogP contribution in [0, 0.1) is 0 Å². The lowest BCUT2D eigenvalue weighted by molar-refractivity contribution is 0.0696. The third-order valence-electron chi connectivity index (χ3n) is 6.13. The Morgan fingerprint density at radius 3 is 1.33 bits per heavy atom. The second kappa shape index (κ2) is 13.3. The van der Waals surface area contributed by atoms with Crippen LogP contribution >= 0.6 is 7.26 Å². The molecule has 0 unspecified atom stereocenters. The van der Waals surface area contributed by atoms with E-state index in [1.54, 1.807) is 0 Å². The van der Waals surface area contributed by atoms with Crippen LogP contribution in [-0.4, -0.2) is 41.3 Å². The zero-order valence-electron chi connectivity index (χ0n) is 21.3. The van der Waals surface area contributed by atoms with E-state index in [0.717, 1.165) is 6.07 Å². The van der Waals surface area contributed by atoms with E-state index in [1.807, 2.05) is 0 Å². The Labute approximate surface area is 228 Å². The van der Waals surface area contributed by atoms with Crippen LogP contribution in [0.3, 0.4) is 0 Å². The van der Waals surface area contributed by atoms with Crippen molar-refractivity contribution in [2.75, 3.05) is 6.16 Å². The molecular formula is C30H29O7PS. The maximum Gasteiger partial charge on any atom is 0.335 e. The van der Waals surface area contributed by atoms with Gasteiger partial charge in [0.2, 0.25) is 0 Å². The zero-order chi connectivity index (χ0) is 28.5. The van der Waals surface area contributed by atoms with Crippen molar-refractivity contribution in [2.24, 2.45) is 0 Å². The number of aromatic carboxylic acids is 2. The van der Waals surface area contributed by atoms with Crippen LogP contribution in [0.25, 0.3) is 0 Å². The first-order valence-corrected chi connectivity index (χ1v) is 15.6. The number of hydrogen-bond donors (Lipinski definition) is 2.